The maximum Gasteiger partial charge on any atom is 0.191 e. The largest absolute Gasteiger partial charge is 0.497 e. The first-order valence-electron chi connectivity index (χ1n) is 10.6. The predicted octanol–water partition coefficient (Wildman–Crippen LogP) is 3.65. The van der Waals surface area contributed by atoms with Crippen LogP contribution >= 0.6 is 24.0 Å². The molecule has 0 atom stereocenters. The summed E-state index contributed by atoms with van der Waals surface area (Å²) < 4.78 is 10.8. The highest BCUT2D eigenvalue weighted by molar-refractivity contribution is 14.0. The number of anilines is 1. The van der Waals surface area contributed by atoms with Crippen LogP contribution in [0.25, 0.3) is 0 Å². The molecule has 1 aromatic carbocycles. The minimum absolute atomic E-state index is 0. The number of guanidine groups is 1. The Morgan fingerprint density at radius 3 is 2.17 bits per heavy atom. The molecule has 6 nitrogen and oxygen atoms in total. The quantitative estimate of drug-likeness (QED) is 0.331. The lowest BCUT2D eigenvalue weighted by Crippen LogP contribution is -2.49. The standard InChI is InChI=1S/C22H34N4O2.HI/c1-23-21(24-15-22(8-9-22)16-4-5-16)25-17-6-10-26(11-7-17)18-12-19(27-2)14-20(13-18)28-3;/h12-14,16-17H,4-11,15H2,1-3H3,(H2,23,24,25);1H. The monoisotopic (exact) mass is 514 g/mol. The molecule has 3 fully saturated rings. The van der Waals surface area contributed by atoms with E-state index in [0.717, 1.165) is 61.5 Å². The number of aliphatic imine (C=N–C) groups is 1. The van der Waals surface area contributed by atoms with Gasteiger partial charge in [-0.25, -0.2) is 0 Å². The van der Waals surface area contributed by atoms with E-state index in [1.54, 1.807) is 14.2 Å². The Morgan fingerprint density at radius 1 is 1.07 bits per heavy atom. The number of hydrogen-bond acceptors (Lipinski definition) is 4. The fourth-order valence-electron chi connectivity index (χ4n) is 4.49. The third-order valence-corrected chi connectivity index (χ3v) is 6.70. The highest BCUT2D eigenvalue weighted by Crippen LogP contribution is 2.60. The van der Waals surface area contributed by atoms with E-state index in [-0.39, 0.29) is 24.0 Å². The molecule has 2 aliphatic carbocycles. The van der Waals surface area contributed by atoms with Gasteiger partial charge in [0.2, 0.25) is 0 Å². The molecule has 2 N–H and O–H groups in total. The molecule has 1 aliphatic heterocycles. The van der Waals surface area contributed by atoms with Gasteiger partial charge in [0.1, 0.15) is 11.5 Å². The smallest absolute Gasteiger partial charge is 0.191 e. The average molecular weight is 514 g/mol. The highest BCUT2D eigenvalue weighted by atomic mass is 127. The minimum atomic E-state index is 0. The molecule has 4 rings (SSSR count). The molecule has 0 unspecified atom stereocenters. The van der Waals surface area contributed by atoms with Crippen molar-refractivity contribution in [1.29, 1.82) is 0 Å². The normalized spacial score (nSPS) is 21.2. The Morgan fingerprint density at radius 2 is 1.69 bits per heavy atom. The number of methoxy groups -OCH3 is 2. The molecule has 7 heteroatoms. The second-order valence-corrected chi connectivity index (χ2v) is 8.54. The van der Waals surface area contributed by atoms with E-state index in [2.05, 4.69) is 32.7 Å². The molecule has 1 aromatic rings. The van der Waals surface area contributed by atoms with Crippen LogP contribution in [0.15, 0.2) is 23.2 Å². The first-order valence-corrected chi connectivity index (χ1v) is 10.6. The van der Waals surface area contributed by atoms with Crippen molar-refractivity contribution in [3.8, 4) is 11.5 Å². The summed E-state index contributed by atoms with van der Waals surface area (Å²) in [7, 11) is 5.27. The number of halogens is 1. The molecular weight excluding hydrogens is 479 g/mol. The Bertz CT molecular complexity index is 689. The SMILES string of the molecule is CN=C(NCC1(C2CC2)CC1)NC1CCN(c2cc(OC)cc(OC)c2)CC1.I. The van der Waals surface area contributed by atoms with E-state index < -0.39 is 0 Å². The molecule has 0 amide bonds. The van der Waals surface area contributed by atoms with Crippen LogP contribution in [-0.4, -0.2) is 52.9 Å². The zero-order valence-electron chi connectivity index (χ0n) is 17.9. The molecule has 0 bridgehead atoms. The van der Waals surface area contributed by atoms with Crippen molar-refractivity contribution in [2.45, 2.75) is 44.6 Å². The maximum atomic E-state index is 5.41. The lowest BCUT2D eigenvalue weighted by molar-refractivity contribution is 0.393. The predicted molar refractivity (Wildman–Crippen MR) is 129 cm³/mol. The van der Waals surface area contributed by atoms with Crippen molar-refractivity contribution in [2.75, 3.05) is 45.8 Å². The first-order chi connectivity index (χ1) is 13.7. The van der Waals surface area contributed by atoms with Crippen molar-refractivity contribution in [3.05, 3.63) is 18.2 Å². The number of rotatable bonds is 7. The summed E-state index contributed by atoms with van der Waals surface area (Å²) in [5.41, 5.74) is 1.75. The molecule has 3 aliphatic rings. The van der Waals surface area contributed by atoms with Crippen LogP contribution in [0.3, 0.4) is 0 Å². The first kappa shape index (κ1) is 22.3. The van der Waals surface area contributed by atoms with Gasteiger partial charge < -0.3 is 25.0 Å². The summed E-state index contributed by atoms with van der Waals surface area (Å²) in [6.45, 7) is 3.10. The second kappa shape index (κ2) is 9.62. The molecule has 0 spiro atoms. The van der Waals surface area contributed by atoms with Gasteiger partial charge in [0.15, 0.2) is 5.96 Å². The van der Waals surface area contributed by atoms with Gasteiger partial charge in [-0.1, -0.05) is 0 Å². The van der Waals surface area contributed by atoms with Crippen molar-refractivity contribution < 1.29 is 9.47 Å². The third kappa shape index (κ3) is 5.41. The van der Waals surface area contributed by atoms with E-state index in [0.29, 0.717) is 11.5 Å². The number of piperidine rings is 1. The molecule has 1 saturated heterocycles. The average Bonchev–Trinajstić information content (AvgIpc) is 3.64. The number of nitrogens with one attached hydrogen (secondary N) is 2. The lowest BCUT2D eigenvalue weighted by atomic mass is 10.0. The zero-order chi connectivity index (χ0) is 19.6. The van der Waals surface area contributed by atoms with Gasteiger partial charge in [0.25, 0.3) is 0 Å². The molecular formula is C22H35IN4O2. The van der Waals surface area contributed by atoms with Gasteiger partial charge in [-0.3, -0.25) is 4.99 Å². The molecule has 162 valence electrons. The molecule has 29 heavy (non-hydrogen) atoms. The van der Waals surface area contributed by atoms with Crippen LogP contribution in [0.1, 0.15) is 38.5 Å². The van der Waals surface area contributed by atoms with E-state index in [4.69, 9.17) is 9.47 Å². The van der Waals surface area contributed by atoms with Gasteiger partial charge in [-0.15, -0.1) is 24.0 Å². The van der Waals surface area contributed by atoms with E-state index in [9.17, 15) is 0 Å². The van der Waals surface area contributed by atoms with Gasteiger partial charge in [-0.05, 0) is 49.9 Å². The van der Waals surface area contributed by atoms with Crippen molar-refractivity contribution in [2.24, 2.45) is 16.3 Å². The van der Waals surface area contributed by atoms with E-state index >= 15 is 0 Å². The molecule has 0 radical (unpaired) electrons. The zero-order valence-corrected chi connectivity index (χ0v) is 20.2. The Kier molecular flexibility index (Phi) is 7.40. The van der Waals surface area contributed by atoms with Crippen LogP contribution in [0.2, 0.25) is 0 Å². The van der Waals surface area contributed by atoms with Crippen molar-refractivity contribution in [1.82, 2.24) is 10.6 Å². The van der Waals surface area contributed by atoms with Gasteiger partial charge in [0.05, 0.1) is 14.2 Å². The van der Waals surface area contributed by atoms with Crippen LogP contribution < -0.4 is 25.0 Å². The Balaban J connectivity index is 0.00000240. The topological polar surface area (TPSA) is 58.1 Å². The van der Waals surface area contributed by atoms with Crippen LogP contribution in [0.4, 0.5) is 5.69 Å². The summed E-state index contributed by atoms with van der Waals surface area (Å²) in [4.78, 5) is 6.87. The number of ether oxygens (including phenoxy) is 2. The van der Waals surface area contributed by atoms with Gasteiger partial charge in [-0.2, -0.15) is 0 Å². The van der Waals surface area contributed by atoms with Crippen molar-refractivity contribution in [3.63, 3.8) is 0 Å². The van der Waals surface area contributed by atoms with Crippen LogP contribution in [0.5, 0.6) is 11.5 Å². The van der Waals surface area contributed by atoms with E-state index in [1.807, 2.05) is 13.1 Å². The number of hydrogen-bond donors (Lipinski definition) is 2. The van der Waals surface area contributed by atoms with E-state index in [1.165, 1.54) is 25.7 Å². The fourth-order valence-corrected chi connectivity index (χ4v) is 4.49. The minimum Gasteiger partial charge on any atom is -0.497 e. The molecule has 1 heterocycles. The van der Waals surface area contributed by atoms with Crippen molar-refractivity contribution >= 4 is 35.6 Å². The van der Waals surface area contributed by atoms with Crippen LogP contribution in [0, 0.1) is 11.3 Å². The highest BCUT2D eigenvalue weighted by Gasteiger charge is 2.53. The van der Waals surface area contributed by atoms with Crippen LogP contribution in [-0.2, 0) is 0 Å². The summed E-state index contributed by atoms with van der Waals surface area (Å²) >= 11 is 0. The summed E-state index contributed by atoms with van der Waals surface area (Å²) in [5.74, 6) is 3.61. The lowest BCUT2D eigenvalue weighted by Gasteiger charge is -2.35. The van der Waals surface area contributed by atoms with Gasteiger partial charge >= 0.3 is 0 Å². The molecule has 0 aromatic heterocycles. The molecule has 2 saturated carbocycles. The third-order valence-electron chi connectivity index (χ3n) is 6.70. The summed E-state index contributed by atoms with van der Waals surface area (Å²) in [6.07, 6.45) is 7.83. The Hall–Kier alpha value is -1.38. The maximum absolute atomic E-state index is 5.41. The number of nitrogens with zero attached hydrogens (tertiary/aromatic N) is 2. The summed E-state index contributed by atoms with van der Waals surface area (Å²) in [5, 5.41) is 7.25. The fraction of sp³-hybridized carbons (Fsp3) is 0.682. The number of benzene rings is 1. The van der Waals surface area contributed by atoms with Gasteiger partial charge in [0, 0.05) is 56.6 Å². The second-order valence-electron chi connectivity index (χ2n) is 8.54. The Labute approximate surface area is 191 Å². The summed E-state index contributed by atoms with van der Waals surface area (Å²) in [6, 6.07) is 6.56.